The maximum Gasteiger partial charge on any atom is -0.0313 e. The maximum atomic E-state index is 3.81. The summed E-state index contributed by atoms with van der Waals surface area (Å²) in [6.45, 7) is 7.42. The minimum Gasteiger partial charge on any atom is -0.0845 e. The fourth-order valence-electron chi connectivity index (χ4n) is 1.05. The smallest absolute Gasteiger partial charge is 0.0313 e. The molecule has 0 aliphatic rings. The van der Waals surface area contributed by atoms with E-state index in [1.165, 1.54) is 32.1 Å². The van der Waals surface area contributed by atoms with E-state index in [-0.39, 0.29) is 0 Å². The minimum atomic E-state index is 1.08. The van der Waals surface area contributed by atoms with E-state index in [4.69, 9.17) is 0 Å². The lowest BCUT2D eigenvalue weighted by Crippen LogP contribution is -1.75. The second kappa shape index (κ2) is 10.5. The lowest BCUT2D eigenvalue weighted by molar-refractivity contribution is 0.651. The van der Waals surface area contributed by atoms with Crippen molar-refractivity contribution in [1.29, 1.82) is 0 Å². The molecule has 0 amide bonds. The highest BCUT2D eigenvalue weighted by Crippen LogP contribution is 2.04. The first-order valence-electron chi connectivity index (χ1n) is 4.82. The molecule has 0 bridgehead atoms. The van der Waals surface area contributed by atoms with Crippen molar-refractivity contribution in [1.82, 2.24) is 0 Å². The van der Waals surface area contributed by atoms with E-state index in [0.717, 1.165) is 6.42 Å². The zero-order chi connectivity index (χ0) is 9.07. The van der Waals surface area contributed by atoms with Crippen LogP contribution in [-0.2, 0) is 0 Å². The molecule has 0 nitrogen and oxygen atoms in total. The number of unbranched alkanes of at least 4 members (excludes halogenated alkanes) is 5. The summed E-state index contributed by atoms with van der Waals surface area (Å²) in [5.74, 6) is 0. The maximum absolute atomic E-state index is 3.81. The molecule has 0 saturated carbocycles. The van der Waals surface area contributed by atoms with Gasteiger partial charge in [0.1, 0.15) is 0 Å². The molecule has 0 N–H and O–H groups in total. The molecule has 0 heteroatoms. The predicted octanol–water partition coefficient (Wildman–Crippen LogP) is 4.11. The molecule has 0 aliphatic carbocycles. The van der Waals surface area contributed by atoms with E-state index in [1.54, 1.807) is 6.08 Å². The van der Waals surface area contributed by atoms with E-state index >= 15 is 0 Å². The first kappa shape index (κ1) is 11.5. The average Bonchev–Trinajstić information content (AvgIpc) is 2.10. The van der Waals surface area contributed by atoms with Gasteiger partial charge in [-0.1, -0.05) is 56.9 Å². The van der Waals surface area contributed by atoms with E-state index in [2.05, 4.69) is 26.0 Å². The number of allylic oxidation sites excluding steroid dienone is 4. The highest BCUT2D eigenvalue weighted by atomic mass is 13.9. The molecular formula is C12H20. The molecule has 0 aromatic heterocycles. The van der Waals surface area contributed by atoms with Crippen molar-refractivity contribution in [2.24, 2.45) is 0 Å². The summed E-state index contributed by atoms with van der Waals surface area (Å²) in [6.07, 6.45) is 15.6. The monoisotopic (exact) mass is 164 g/mol. The molecule has 0 aromatic rings. The summed E-state index contributed by atoms with van der Waals surface area (Å²) < 4.78 is 0. The van der Waals surface area contributed by atoms with Crippen molar-refractivity contribution < 1.29 is 0 Å². The van der Waals surface area contributed by atoms with Crippen molar-refractivity contribution in [2.75, 3.05) is 0 Å². The Hall–Kier alpha value is -0.520. The Morgan fingerprint density at radius 2 is 1.67 bits per heavy atom. The van der Waals surface area contributed by atoms with E-state index in [0.29, 0.717) is 0 Å². The summed E-state index contributed by atoms with van der Waals surface area (Å²) in [4.78, 5) is 0. The number of rotatable bonds is 7. The molecule has 2 radical (unpaired) electrons. The van der Waals surface area contributed by atoms with Gasteiger partial charge in [-0.05, 0) is 19.8 Å². The first-order valence-corrected chi connectivity index (χ1v) is 4.82. The molecule has 0 heterocycles. The van der Waals surface area contributed by atoms with Crippen molar-refractivity contribution in [3.63, 3.8) is 0 Å². The molecular weight excluding hydrogens is 144 g/mol. The van der Waals surface area contributed by atoms with E-state index in [9.17, 15) is 0 Å². The van der Waals surface area contributed by atoms with Crippen LogP contribution in [0, 0.1) is 13.8 Å². The van der Waals surface area contributed by atoms with Gasteiger partial charge in [0.15, 0.2) is 0 Å². The Morgan fingerprint density at radius 1 is 0.917 bits per heavy atom. The van der Waals surface area contributed by atoms with Crippen LogP contribution in [0.1, 0.15) is 38.5 Å². The third kappa shape index (κ3) is 9.48. The Balaban J connectivity index is 3.00. The van der Waals surface area contributed by atoms with Crippen molar-refractivity contribution in [3.8, 4) is 0 Å². The molecule has 0 atom stereocenters. The van der Waals surface area contributed by atoms with Crippen LogP contribution in [0.25, 0.3) is 0 Å². The van der Waals surface area contributed by atoms with Crippen LogP contribution in [-0.4, -0.2) is 0 Å². The zero-order valence-electron chi connectivity index (χ0n) is 7.97. The molecule has 0 unspecified atom stereocenters. The summed E-state index contributed by atoms with van der Waals surface area (Å²) >= 11 is 0. The topological polar surface area (TPSA) is 0 Å². The summed E-state index contributed by atoms with van der Waals surface area (Å²) in [5, 5.41) is 0. The van der Waals surface area contributed by atoms with Gasteiger partial charge in [-0.15, -0.1) is 0 Å². The Labute approximate surface area is 77.4 Å². The number of hydrogen-bond donors (Lipinski definition) is 0. The van der Waals surface area contributed by atoms with Gasteiger partial charge in [0.05, 0.1) is 0 Å². The van der Waals surface area contributed by atoms with E-state index in [1.807, 2.05) is 6.08 Å². The van der Waals surface area contributed by atoms with Gasteiger partial charge in [0.25, 0.3) is 0 Å². The normalized spacial score (nSPS) is 11.8. The summed E-state index contributed by atoms with van der Waals surface area (Å²) in [6, 6.07) is 0. The van der Waals surface area contributed by atoms with Crippen molar-refractivity contribution >= 4 is 0 Å². The van der Waals surface area contributed by atoms with E-state index < -0.39 is 0 Å². The lowest BCUT2D eigenvalue weighted by atomic mass is 10.1. The molecule has 0 saturated heterocycles. The van der Waals surface area contributed by atoms with Crippen LogP contribution in [0.3, 0.4) is 0 Å². The van der Waals surface area contributed by atoms with Crippen LogP contribution >= 0.6 is 0 Å². The van der Waals surface area contributed by atoms with Gasteiger partial charge in [0, 0.05) is 0 Å². The fourth-order valence-corrected chi connectivity index (χ4v) is 1.05. The Kier molecular flexibility index (Phi) is 10.0. The minimum absolute atomic E-state index is 1.08. The van der Waals surface area contributed by atoms with Crippen molar-refractivity contribution in [2.45, 2.75) is 38.5 Å². The van der Waals surface area contributed by atoms with Crippen LogP contribution < -0.4 is 0 Å². The van der Waals surface area contributed by atoms with Gasteiger partial charge in [0.2, 0.25) is 0 Å². The quantitative estimate of drug-likeness (QED) is 0.392. The predicted molar refractivity (Wildman–Crippen MR) is 56.7 cm³/mol. The highest BCUT2D eigenvalue weighted by molar-refractivity contribution is 5.03. The Morgan fingerprint density at radius 3 is 2.33 bits per heavy atom. The van der Waals surface area contributed by atoms with Gasteiger partial charge in [-0.25, -0.2) is 0 Å². The molecule has 0 rings (SSSR count). The Bertz CT molecular complexity index is 120. The van der Waals surface area contributed by atoms with Crippen LogP contribution in [0.5, 0.6) is 0 Å². The van der Waals surface area contributed by atoms with Crippen molar-refractivity contribution in [3.05, 3.63) is 38.2 Å². The van der Waals surface area contributed by atoms with Gasteiger partial charge >= 0.3 is 0 Å². The SMILES string of the molecule is [CH2]C=CC=CCCCCCC[CH2]. The fraction of sp³-hybridized carbons (Fsp3) is 0.500. The third-order valence-electron chi connectivity index (χ3n) is 1.75. The average molecular weight is 164 g/mol. The largest absolute Gasteiger partial charge is 0.0845 e. The second-order valence-electron chi connectivity index (χ2n) is 2.91. The standard InChI is InChI=1S/C12H20/c1-3-5-7-9-11-12-10-8-6-4-2/h3,5,7,9H,1-2,4,6,8,10-12H2. The van der Waals surface area contributed by atoms with Gasteiger partial charge in [-0.3, -0.25) is 0 Å². The molecule has 0 aromatic carbocycles. The van der Waals surface area contributed by atoms with Gasteiger partial charge in [-0.2, -0.15) is 0 Å². The molecule has 12 heavy (non-hydrogen) atoms. The van der Waals surface area contributed by atoms with Crippen LogP contribution in [0.15, 0.2) is 24.3 Å². The number of hydrogen-bond acceptors (Lipinski definition) is 0. The summed E-state index contributed by atoms with van der Waals surface area (Å²) in [7, 11) is 0. The van der Waals surface area contributed by atoms with Gasteiger partial charge < -0.3 is 0 Å². The lowest BCUT2D eigenvalue weighted by Gasteiger charge is -1.95. The van der Waals surface area contributed by atoms with Crippen LogP contribution in [0.2, 0.25) is 0 Å². The van der Waals surface area contributed by atoms with Crippen LogP contribution in [0.4, 0.5) is 0 Å². The first-order chi connectivity index (χ1) is 5.91. The third-order valence-corrected chi connectivity index (χ3v) is 1.75. The highest BCUT2D eigenvalue weighted by Gasteiger charge is 1.85. The molecule has 0 aliphatic heterocycles. The molecule has 0 spiro atoms. The molecule has 68 valence electrons. The summed E-state index contributed by atoms with van der Waals surface area (Å²) in [5.41, 5.74) is 0. The second-order valence-corrected chi connectivity index (χ2v) is 2.91. The molecule has 0 fully saturated rings. The zero-order valence-corrected chi connectivity index (χ0v) is 7.97.